The third-order valence-corrected chi connectivity index (χ3v) is 2.41. The number of nitrogens with one attached hydrogen (secondary N) is 1. The minimum absolute atomic E-state index is 0.168. The van der Waals surface area contributed by atoms with E-state index >= 15 is 0 Å². The first-order valence-electron chi connectivity index (χ1n) is 5.53. The number of hydrogen-bond donors (Lipinski definition) is 1. The Morgan fingerprint density at radius 1 is 1.41 bits per heavy atom. The molecule has 0 aliphatic rings. The monoisotopic (exact) mass is 230 g/mol. The Labute approximate surface area is 99.6 Å². The Morgan fingerprint density at radius 2 is 2.29 bits per heavy atom. The number of pyridine rings is 1. The Balaban J connectivity index is 2.16. The SMILES string of the molecule is CCOC(=O)CNc1cccc2ccncc12. The predicted molar refractivity (Wildman–Crippen MR) is 66.9 cm³/mol. The summed E-state index contributed by atoms with van der Waals surface area (Å²) in [7, 11) is 0. The Bertz CT molecular complexity index is 520. The third kappa shape index (κ3) is 2.72. The van der Waals surface area contributed by atoms with Gasteiger partial charge in [-0.05, 0) is 24.4 Å². The van der Waals surface area contributed by atoms with Crippen molar-refractivity contribution < 1.29 is 9.53 Å². The highest BCUT2D eigenvalue weighted by atomic mass is 16.5. The van der Waals surface area contributed by atoms with Crippen LogP contribution in [0.3, 0.4) is 0 Å². The van der Waals surface area contributed by atoms with Crippen LogP contribution in [0.1, 0.15) is 6.92 Å². The lowest BCUT2D eigenvalue weighted by Gasteiger charge is -2.08. The zero-order chi connectivity index (χ0) is 12.1. The molecule has 1 aromatic carbocycles. The highest BCUT2D eigenvalue weighted by Gasteiger charge is 2.03. The molecule has 0 saturated carbocycles. The van der Waals surface area contributed by atoms with E-state index in [1.54, 1.807) is 19.3 Å². The van der Waals surface area contributed by atoms with Crippen LogP contribution in [0.4, 0.5) is 5.69 Å². The number of esters is 1. The predicted octanol–water partition coefficient (Wildman–Crippen LogP) is 2.21. The molecule has 0 aliphatic heterocycles. The van der Waals surface area contributed by atoms with Crippen molar-refractivity contribution in [1.29, 1.82) is 0 Å². The number of fused-ring (bicyclic) bond motifs is 1. The normalized spacial score (nSPS) is 10.2. The molecule has 0 aliphatic carbocycles. The van der Waals surface area contributed by atoms with Gasteiger partial charge in [0.1, 0.15) is 6.54 Å². The summed E-state index contributed by atoms with van der Waals surface area (Å²) in [5.74, 6) is -0.256. The molecule has 0 amide bonds. The summed E-state index contributed by atoms with van der Waals surface area (Å²) in [6, 6.07) is 7.80. The number of carbonyl (C=O) groups excluding carboxylic acids is 1. The molecule has 17 heavy (non-hydrogen) atoms. The molecule has 0 atom stereocenters. The second-order valence-corrected chi connectivity index (χ2v) is 3.56. The topological polar surface area (TPSA) is 51.2 Å². The molecule has 1 aromatic heterocycles. The number of carbonyl (C=O) groups is 1. The first-order chi connectivity index (χ1) is 8.31. The third-order valence-electron chi connectivity index (χ3n) is 2.41. The number of rotatable bonds is 4. The summed E-state index contributed by atoms with van der Waals surface area (Å²) in [5.41, 5.74) is 0.892. The van der Waals surface area contributed by atoms with Crippen LogP contribution in [0.25, 0.3) is 10.8 Å². The van der Waals surface area contributed by atoms with Gasteiger partial charge in [-0.15, -0.1) is 0 Å². The molecule has 0 spiro atoms. The van der Waals surface area contributed by atoms with Gasteiger partial charge in [-0.25, -0.2) is 0 Å². The largest absolute Gasteiger partial charge is 0.465 e. The van der Waals surface area contributed by atoms with Crippen LogP contribution in [-0.2, 0) is 9.53 Å². The van der Waals surface area contributed by atoms with Crippen LogP contribution in [0.2, 0.25) is 0 Å². The van der Waals surface area contributed by atoms with Gasteiger partial charge in [0.05, 0.1) is 6.61 Å². The van der Waals surface area contributed by atoms with Crippen molar-refractivity contribution in [3.05, 3.63) is 36.7 Å². The van der Waals surface area contributed by atoms with E-state index in [4.69, 9.17) is 4.74 Å². The van der Waals surface area contributed by atoms with Crippen molar-refractivity contribution in [1.82, 2.24) is 4.98 Å². The van der Waals surface area contributed by atoms with E-state index in [1.165, 1.54) is 0 Å². The molecular weight excluding hydrogens is 216 g/mol. The summed E-state index contributed by atoms with van der Waals surface area (Å²) in [4.78, 5) is 15.3. The molecular formula is C13H14N2O2. The molecule has 0 bridgehead atoms. The van der Waals surface area contributed by atoms with Gasteiger partial charge in [0.2, 0.25) is 0 Å². The standard InChI is InChI=1S/C13H14N2O2/c1-2-17-13(16)9-15-12-5-3-4-10-6-7-14-8-11(10)12/h3-8,15H,2,9H2,1H3. The van der Waals surface area contributed by atoms with Gasteiger partial charge in [0, 0.05) is 23.5 Å². The van der Waals surface area contributed by atoms with Crippen LogP contribution < -0.4 is 5.32 Å². The van der Waals surface area contributed by atoms with Gasteiger partial charge in [-0.3, -0.25) is 9.78 Å². The summed E-state index contributed by atoms with van der Waals surface area (Å²) >= 11 is 0. The lowest BCUT2D eigenvalue weighted by atomic mass is 10.1. The van der Waals surface area contributed by atoms with Crippen LogP contribution in [-0.4, -0.2) is 24.1 Å². The number of nitrogens with zero attached hydrogens (tertiary/aromatic N) is 1. The quantitative estimate of drug-likeness (QED) is 0.818. The molecule has 0 radical (unpaired) electrons. The molecule has 1 N–H and O–H groups in total. The Hall–Kier alpha value is -2.10. The van der Waals surface area contributed by atoms with Gasteiger partial charge in [-0.2, -0.15) is 0 Å². The Kier molecular flexibility index (Phi) is 3.55. The van der Waals surface area contributed by atoms with Crippen LogP contribution in [0.5, 0.6) is 0 Å². The maximum absolute atomic E-state index is 11.3. The maximum atomic E-state index is 11.3. The van der Waals surface area contributed by atoms with E-state index in [-0.39, 0.29) is 12.5 Å². The minimum atomic E-state index is -0.256. The fourth-order valence-corrected chi connectivity index (χ4v) is 1.65. The molecule has 88 valence electrons. The zero-order valence-corrected chi connectivity index (χ0v) is 9.64. The first-order valence-corrected chi connectivity index (χ1v) is 5.53. The van der Waals surface area contributed by atoms with Gasteiger partial charge in [0.25, 0.3) is 0 Å². The van der Waals surface area contributed by atoms with Crippen LogP contribution in [0.15, 0.2) is 36.7 Å². The number of anilines is 1. The molecule has 0 fully saturated rings. The van der Waals surface area contributed by atoms with Crippen molar-refractivity contribution in [2.75, 3.05) is 18.5 Å². The Morgan fingerprint density at radius 3 is 3.12 bits per heavy atom. The van der Waals surface area contributed by atoms with E-state index in [0.717, 1.165) is 16.5 Å². The fraction of sp³-hybridized carbons (Fsp3) is 0.231. The number of benzene rings is 1. The minimum Gasteiger partial charge on any atom is -0.465 e. The molecule has 2 aromatic rings. The van der Waals surface area contributed by atoms with Crippen molar-refractivity contribution in [3.63, 3.8) is 0 Å². The molecule has 4 heteroatoms. The smallest absolute Gasteiger partial charge is 0.325 e. The van der Waals surface area contributed by atoms with Gasteiger partial charge < -0.3 is 10.1 Å². The second kappa shape index (κ2) is 5.30. The summed E-state index contributed by atoms with van der Waals surface area (Å²) in [5, 5.41) is 5.15. The van der Waals surface area contributed by atoms with E-state index in [2.05, 4.69) is 10.3 Å². The van der Waals surface area contributed by atoms with E-state index < -0.39 is 0 Å². The molecule has 1 heterocycles. The van der Waals surface area contributed by atoms with Crippen molar-refractivity contribution in [3.8, 4) is 0 Å². The fourth-order valence-electron chi connectivity index (χ4n) is 1.65. The summed E-state index contributed by atoms with van der Waals surface area (Å²) in [6.45, 7) is 2.36. The number of ether oxygens (including phenoxy) is 1. The first kappa shape index (κ1) is 11.4. The molecule has 2 rings (SSSR count). The summed E-state index contributed by atoms with van der Waals surface area (Å²) < 4.78 is 4.86. The van der Waals surface area contributed by atoms with Crippen molar-refractivity contribution in [2.24, 2.45) is 0 Å². The highest BCUT2D eigenvalue weighted by molar-refractivity contribution is 5.94. The average molecular weight is 230 g/mol. The van der Waals surface area contributed by atoms with Crippen LogP contribution in [0, 0.1) is 0 Å². The summed E-state index contributed by atoms with van der Waals surface area (Å²) in [6.07, 6.45) is 3.53. The number of aromatic nitrogens is 1. The average Bonchev–Trinajstić information content (AvgIpc) is 2.36. The molecule has 4 nitrogen and oxygen atoms in total. The molecule has 0 unspecified atom stereocenters. The van der Waals surface area contributed by atoms with E-state index in [1.807, 2.05) is 24.3 Å². The highest BCUT2D eigenvalue weighted by Crippen LogP contribution is 2.21. The number of hydrogen-bond acceptors (Lipinski definition) is 4. The lowest BCUT2D eigenvalue weighted by Crippen LogP contribution is -2.16. The van der Waals surface area contributed by atoms with Gasteiger partial charge in [0.15, 0.2) is 0 Å². The van der Waals surface area contributed by atoms with Crippen molar-refractivity contribution in [2.45, 2.75) is 6.92 Å². The van der Waals surface area contributed by atoms with Crippen LogP contribution >= 0.6 is 0 Å². The second-order valence-electron chi connectivity index (χ2n) is 3.56. The van der Waals surface area contributed by atoms with Gasteiger partial charge >= 0.3 is 5.97 Å². The zero-order valence-electron chi connectivity index (χ0n) is 9.64. The maximum Gasteiger partial charge on any atom is 0.325 e. The van der Waals surface area contributed by atoms with Crippen molar-refractivity contribution >= 4 is 22.4 Å². The van der Waals surface area contributed by atoms with Gasteiger partial charge in [-0.1, -0.05) is 12.1 Å². The van der Waals surface area contributed by atoms with E-state index in [9.17, 15) is 4.79 Å². The molecule has 0 saturated heterocycles. The lowest BCUT2D eigenvalue weighted by molar-refractivity contribution is -0.140. The van der Waals surface area contributed by atoms with E-state index in [0.29, 0.717) is 6.61 Å².